The number of rotatable bonds is 7. The Hall–Kier alpha value is -1.09. The molecule has 0 spiro atoms. The number of guanidine groups is 1. The first-order valence-corrected chi connectivity index (χ1v) is 8.58. The number of hydrogen-bond acceptors (Lipinski definition) is 3. The molecule has 0 aliphatic carbocycles. The third-order valence-electron chi connectivity index (χ3n) is 4.04. The molecule has 1 heterocycles. The number of nitrogens with one attached hydrogen (secondary N) is 1. The van der Waals surface area contributed by atoms with Crippen molar-refractivity contribution in [2.75, 3.05) is 39.9 Å². The van der Waals surface area contributed by atoms with Crippen LogP contribution in [0.2, 0.25) is 0 Å². The zero-order chi connectivity index (χ0) is 17.4. The van der Waals surface area contributed by atoms with E-state index >= 15 is 0 Å². The maximum Gasteiger partial charge on any atom is 0.193 e. The average molecular weight is 465 g/mol. The van der Waals surface area contributed by atoms with Gasteiger partial charge in [0, 0.05) is 38.7 Å². The molecule has 0 amide bonds. The predicted octanol–water partition coefficient (Wildman–Crippen LogP) is 3.14. The van der Waals surface area contributed by atoms with E-state index in [2.05, 4.69) is 15.2 Å². The topological polar surface area (TPSA) is 46.1 Å². The van der Waals surface area contributed by atoms with Gasteiger partial charge in [0.25, 0.3) is 0 Å². The van der Waals surface area contributed by atoms with Crippen LogP contribution in [0.3, 0.4) is 0 Å². The van der Waals surface area contributed by atoms with Crippen molar-refractivity contribution in [2.45, 2.75) is 26.4 Å². The minimum Gasteiger partial charge on any atom is -0.489 e. The third kappa shape index (κ3) is 7.35. The Bertz CT molecular complexity index is 545. The molecule has 2 atom stereocenters. The van der Waals surface area contributed by atoms with Crippen molar-refractivity contribution in [3.63, 3.8) is 0 Å². The molecule has 1 aliphatic heterocycles. The Labute approximate surface area is 167 Å². The smallest absolute Gasteiger partial charge is 0.193 e. The molecular formula is C18H29FIN3O2. The van der Waals surface area contributed by atoms with Crippen LogP contribution in [0.5, 0.6) is 5.75 Å². The van der Waals surface area contributed by atoms with Gasteiger partial charge in [-0.3, -0.25) is 4.99 Å². The second-order valence-corrected chi connectivity index (χ2v) is 6.07. The Kier molecular flexibility index (Phi) is 10.1. The SMILES string of the molecule is CCOCC1CCN(C(=NC)NCC(C)Oc2cccc(F)c2)C1.I. The highest BCUT2D eigenvalue weighted by atomic mass is 127. The van der Waals surface area contributed by atoms with E-state index in [0.717, 1.165) is 38.7 Å². The fourth-order valence-corrected chi connectivity index (χ4v) is 2.83. The first-order chi connectivity index (χ1) is 11.6. The molecule has 1 aromatic carbocycles. The van der Waals surface area contributed by atoms with Crippen LogP contribution in [0.1, 0.15) is 20.3 Å². The lowest BCUT2D eigenvalue weighted by molar-refractivity contribution is 0.114. The number of nitrogens with zero attached hydrogens (tertiary/aromatic N) is 2. The fourth-order valence-electron chi connectivity index (χ4n) is 2.83. The molecule has 0 aromatic heterocycles. The van der Waals surface area contributed by atoms with E-state index in [1.807, 2.05) is 13.8 Å². The van der Waals surface area contributed by atoms with Gasteiger partial charge in [0.05, 0.1) is 13.2 Å². The van der Waals surface area contributed by atoms with Gasteiger partial charge < -0.3 is 19.7 Å². The summed E-state index contributed by atoms with van der Waals surface area (Å²) in [4.78, 5) is 6.60. The zero-order valence-corrected chi connectivity index (χ0v) is 17.5. The molecule has 142 valence electrons. The molecular weight excluding hydrogens is 436 g/mol. The van der Waals surface area contributed by atoms with Crippen LogP contribution in [0, 0.1) is 11.7 Å². The highest BCUT2D eigenvalue weighted by Crippen LogP contribution is 2.17. The van der Waals surface area contributed by atoms with Gasteiger partial charge in [-0.25, -0.2) is 4.39 Å². The summed E-state index contributed by atoms with van der Waals surface area (Å²) < 4.78 is 24.4. The minimum absolute atomic E-state index is 0. The summed E-state index contributed by atoms with van der Waals surface area (Å²) in [5.41, 5.74) is 0. The molecule has 2 unspecified atom stereocenters. The zero-order valence-electron chi connectivity index (χ0n) is 15.2. The summed E-state index contributed by atoms with van der Waals surface area (Å²) in [6.45, 7) is 8.09. The quantitative estimate of drug-likeness (QED) is 0.382. The van der Waals surface area contributed by atoms with Crippen molar-refractivity contribution in [3.8, 4) is 5.75 Å². The molecule has 7 heteroatoms. The van der Waals surface area contributed by atoms with E-state index in [4.69, 9.17) is 9.47 Å². The van der Waals surface area contributed by atoms with Crippen LogP contribution in [-0.4, -0.2) is 56.9 Å². The lowest BCUT2D eigenvalue weighted by Gasteiger charge is -2.23. The van der Waals surface area contributed by atoms with Crippen molar-refractivity contribution in [1.82, 2.24) is 10.2 Å². The van der Waals surface area contributed by atoms with Crippen LogP contribution < -0.4 is 10.1 Å². The number of likely N-dealkylation sites (tertiary alicyclic amines) is 1. The number of ether oxygens (including phenoxy) is 2. The van der Waals surface area contributed by atoms with Gasteiger partial charge in [0.15, 0.2) is 5.96 Å². The largest absolute Gasteiger partial charge is 0.489 e. The molecule has 0 bridgehead atoms. The fraction of sp³-hybridized carbons (Fsp3) is 0.611. The Morgan fingerprint density at radius 1 is 1.48 bits per heavy atom. The summed E-state index contributed by atoms with van der Waals surface area (Å²) in [5.74, 6) is 1.69. The minimum atomic E-state index is -0.291. The lowest BCUT2D eigenvalue weighted by atomic mass is 10.1. The normalized spacial score (nSPS) is 18.6. The molecule has 2 rings (SSSR count). The maximum absolute atomic E-state index is 13.2. The van der Waals surface area contributed by atoms with E-state index < -0.39 is 0 Å². The first kappa shape index (κ1) is 22.0. The molecule has 0 saturated carbocycles. The molecule has 1 aromatic rings. The van der Waals surface area contributed by atoms with Gasteiger partial charge >= 0.3 is 0 Å². The first-order valence-electron chi connectivity index (χ1n) is 8.58. The molecule has 0 radical (unpaired) electrons. The van der Waals surface area contributed by atoms with Gasteiger partial charge in [-0.05, 0) is 32.4 Å². The maximum atomic E-state index is 13.2. The average Bonchev–Trinajstić information content (AvgIpc) is 3.02. The van der Waals surface area contributed by atoms with E-state index in [-0.39, 0.29) is 35.9 Å². The van der Waals surface area contributed by atoms with Crippen molar-refractivity contribution in [3.05, 3.63) is 30.1 Å². The number of aliphatic imine (C=N–C) groups is 1. The molecule has 25 heavy (non-hydrogen) atoms. The number of benzene rings is 1. The summed E-state index contributed by atoms with van der Waals surface area (Å²) >= 11 is 0. The summed E-state index contributed by atoms with van der Waals surface area (Å²) in [6, 6.07) is 6.20. The summed E-state index contributed by atoms with van der Waals surface area (Å²) in [6.07, 6.45) is 1.03. The second kappa shape index (κ2) is 11.5. The van der Waals surface area contributed by atoms with E-state index in [1.54, 1.807) is 19.2 Å². The Morgan fingerprint density at radius 2 is 2.28 bits per heavy atom. The van der Waals surface area contributed by atoms with Crippen molar-refractivity contribution >= 4 is 29.9 Å². The van der Waals surface area contributed by atoms with E-state index in [9.17, 15) is 4.39 Å². The predicted molar refractivity (Wildman–Crippen MR) is 109 cm³/mol. The summed E-state index contributed by atoms with van der Waals surface area (Å²) in [7, 11) is 1.79. The van der Waals surface area contributed by atoms with Crippen LogP contribution in [-0.2, 0) is 4.74 Å². The number of hydrogen-bond donors (Lipinski definition) is 1. The van der Waals surface area contributed by atoms with Crippen LogP contribution in [0.15, 0.2) is 29.3 Å². The van der Waals surface area contributed by atoms with E-state index in [0.29, 0.717) is 18.2 Å². The third-order valence-corrected chi connectivity index (χ3v) is 4.04. The lowest BCUT2D eigenvalue weighted by Crippen LogP contribution is -2.43. The molecule has 1 saturated heterocycles. The van der Waals surface area contributed by atoms with Gasteiger partial charge in [0.2, 0.25) is 0 Å². The van der Waals surface area contributed by atoms with E-state index in [1.165, 1.54) is 12.1 Å². The van der Waals surface area contributed by atoms with Crippen LogP contribution >= 0.6 is 24.0 Å². The van der Waals surface area contributed by atoms with Gasteiger partial charge in [-0.2, -0.15) is 0 Å². The van der Waals surface area contributed by atoms with Gasteiger partial charge in [-0.15, -0.1) is 24.0 Å². The molecule has 1 aliphatic rings. The highest BCUT2D eigenvalue weighted by Gasteiger charge is 2.25. The Balaban J connectivity index is 0.00000312. The molecule has 1 fully saturated rings. The second-order valence-electron chi connectivity index (χ2n) is 6.07. The van der Waals surface area contributed by atoms with Crippen LogP contribution in [0.25, 0.3) is 0 Å². The highest BCUT2D eigenvalue weighted by molar-refractivity contribution is 14.0. The number of halogens is 2. The van der Waals surface area contributed by atoms with Gasteiger partial charge in [0.1, 0.15) is 17.7 Å². The van der Waals surface area contributed by atoms with Gasteiger partial charge in [-0.1, -0.05) is 6.07 Å². The molecule has 5 nitrogen and oxygen atoms in total. The van der Waals surface area contributed by atoms with Crippen molar-refractivity contribution in [2.24, 2.45) is 10.9 Å². The van der Waals surface area contributed by atoms with Crippen molar-refractivity contribution < 1.29 is 13.9 Å². The van der Waals surface area contributed by atoms with Crippen LogP contribution in [0.4, 0.5) is 4.39 Å². The molecule has 1 N–H and O–H groups in total. The van der Waals surface area contributed by atoms with Crippen molar-refractivity contribution in [1.29, 1.82) is 0 Å². The monoisotopic (exact) mass is 465 g/mol. The standard InChI is InChI=1S/C18H28FN3O2.HI/c1-4-23-13-15-8-9-22(12-15)18(20-3)21-11-14(2)24-17-7-5-6-16(19)10-17;/h5-7,10,14-15H,4,8-9,11-13H2,1-3H3,(H,20,21);1H. The summed E-state index contributed by atoms with van der Waals surface area (Å²) in [5, 5.41) is 3.34. The Morgan fingerprint density at radius 3 is 2.96 bits per heavy atom.